The summed E-state index contributed by atoms with van der Waals surface area (Å²) in [5.41, 5.74) is -0.125. The normalized spacial score (nSPS) is 11.6. The molecule has 0 saturated carbocycles. The lowest BCUT2D eigenvalue weighted by molar-refractivity contribution is 0.482. The number of halogens is 2. The van der Waals surface area contributed by atoms with E-state index in [9.17, 15) is 17.2 Å². The zero-order valence-electron chi connectivity index (χ0n) is 6.37. The number of rotatable bonds is 2. The summed E-state index contributed by atoms with van der Waals surface area (Å²) in [5, 5.41) is 0. The molecule has 6 heteroatoms. The molecule has 0 aliphatic carbocycles. The van der Waals surface area contributed by atoms with Crippen LogP contribution in [-0.4, -0.2) is 13.0 Å². The monoisotopic (exact) mass is 208 g/mol. The molecule has 0 bridgehead atoms. The zero-order valence-corrected chi connectivity index (χ0v) is 7.18. The van der Waals surface area contributed by atoms with Crippen LogP contribution >= 0.6 is 0 Å². The van der Waals surface area contributed by atoms with E-state index in [1.54, 1.807) is 0 Å². The second-order valence-electron chi connectivity index (χ2n) is 2.50. The van der Waals surface area contributed by atoms with E-state index in [1.165, 1.54) is 0 Å². The smallest absolute Gasteiger partial charge is 0.269 e. The van der Waals surface area contributed by atoms with Gasteiger partial charge in [0.2, 0.25) is 0 Å². The quantitative estimate of drug-likeness (QED) is 0.746. The van der Waals surface area contributed by atoms with Gasteiger partial charge < -0.3 is 0 Å². The van der Waals surface area contributed by atoms with Crippen LogP contribution in [0.25, 0.3) is 0 Å². The highest BCUT2D eigenvalue weighted by Crippen LogP contribution is 2.10. The fourth-order valence-corrected chi connectivity index (χ4v) is 1.49. The van der Waals surface area contributed by atoms with Crippen LogP contribution in [0.5, 0.6) is 0 Å². The molecule has 0 amide bonds. The van der Waals surface area contributed by atoms with Gasteiger partial charge in [0.05, 0.1) is 0 Å². The third-order valence-corrected chi connectivity index (χ3v) is 1.97. The minimum Gasteiger partial charge on any atom is -0.285 e. The van der Waals surface area contributed by atoms with E-state index in [4.69, 9.17) is 4.55 Å². The molecule has 1 rings (SSSR count). The van der Waals surface area contributed by atoms with Crippen molar-refractivity contribution in [2.45, 2.75) is 5.75 Å². The summed E-state index contributed by atoms with van der Waals surface area (Å²) in [5.74, 6) is -2.54. The minimum absolute atomic E-state index is 0.125. The summed E-state index contributed by atoms with van der Waals surface area (Å²) in [7, 11) is -4.24. The van der Waals surface area contributed by atoms with Crippen LogP contribution in [-0.2, 0) is 15.9 Å². The van der Waals surface area contributed by atoms with Crippen LogP contribution in [0.15, 0.2) is 18.2 Å². The van der Waals surface area contributed by atoms with Crippen LogP contribution < -0.4 is 0 Å². The molecule has 3 nitrogen and oxygen atoms in total. The molecule has 1 aromatic rings. The predicted molar refractivity (Wildman–Crippen MR) is 41.6 cm³/mol. The van der Waals surface area contributed by atoms with Crippen molar-refractivity contribution in [2.24, 2.45) is 0 Å². The van der Waals surface area contributed by atoms with E-state index in [0.717, 1.165) is 12.1 Å². The summed E-state index contributed by atoms with van der Waals surface area (Å²) in [6, 6.07) is 2.31. The van der Waals surface area contributed by atoms with Crippen LogP contribution in [0, 0.1) is 11.6 Å². The van der Waals surface area contributed by atoms with Gasteiger partial charge in [-0.05, 0) is 17.7 Å². The molecule has 0 heterocycles. The van der Waals surface area contributed by atoms with Crippen molar-refractivity contribution in [2.75, 3.05) is 0 Å². The number of hydrogen-bond acceptors (Lipinski definition) is 2. The average Bonchev–Trinajstić information content (AvgIpc) is 1.78. The summed E-state index contributed by atoms with van der Waals surface area (Å²) in [6.07, 6.45) is 0. The molecular weight excluding hydrogens is 202 g/mol. The molecule has 0 aliphatic heterocycles. The third kappa shape index (κ3) is 3.47. The molecule has 0 fully saturated rings. The Labute approximate surface area is 73.8 Å². The number of benzene rings is 1. The SMILES string of the molecule is O=S(=O)(O)Cc1cc(F)cc(F)c1. The molecule has 0 aliphatic rings. The largest absolute Gasteiger partial charge is 0.285 e. The lowest BCUT2D eigenvalue weighted by atomic mass is 10.2. The Morgan fingerprint density at radius 2 is 1.62 bits per heavy atom. The highest BCUT2D eigenvalue weighted by molar-refractivity contribution is 7.85. The van der Waals surface area contributed by atoms with E-state index < -0.39 is 27.5 Å². The summed E-state index contributed by atoms with van der Waals surface area (Å²) < 4.78 is 54.0. The Kier molecular flexibility index (Phi) is 2.63. The molecule has 0 unspecified atom stereocenters. The fourth-order valence-electron chi connectivity index (χ4n) is 0.905. The van der Waals surface area contributed by atoms with Crippen molar-refractivity contribution < 1.29 is 21.8 Å². The average molecular weight is 208 g/mol. The molecule has 0 atom stereocenters. The molecule has 0 aromatic heterocycles. The van der Waals surface area contributed by atoms with E-state index in [-0.39, 0.29) is 5.56 Å². The van der Waals surface area contributed by atoms with Gasteiger partial charge in [-0.25, -0.2) is 8.78 Å². The van der Waals surface area contributed by atoms with Gasteiger partial charge in [-0.1, -0.05) is 0 Å². The molecule has 1 aromatic carbocycles. The Balaban J connectivity index is 3.03. The van der Waals surface area contributed by atoms with Gasteiger partial charge in [0.1, 0.15) is 17.4 Å². The third-order valence-electron chi connectivity index (χ3n) is 1.27. The maximum absolute atomic E-state index is 12.5. The molecule has 0 radical (unpaired) electrons. The van der Waals surface area contributed by atoms with E-state index in [1.807, 2.05) is 0 Å². The Morgan fingerprint density at radius 3 is 2.00 bits per heavy atom. The van der Waals surface area contributed by atoms with E-state index >= 15 is 0 Å². The molecule has 1 N–H and O–H groups in total. The van der Waals surface area contributed by atoms with Crippen molar-refractivity contribution >= 4 is 10.1 Å². The first-order chi connectivity index (χ1) is 5.87. The molecule has 72 valence electrons. The maximum atomic E-state index is 12.5. The van der Waals surface area contributed by atoms with Gasteiger partial charge in [-0.2, -0.15) is 8.42 Å². The topological polar surface area (TPSA) is 54.4 Å². The highest BCUT2D eigenvalue weighted by atomic mass is 32.2. The lowest BCUT2D eigenvalue weighted by Crippen LogP contribution is -2.02. The van der Waals surface area contributed by atoms with Gasteiger partial charge in [0.25, 0.3) is 10.1 Å². The van der Waals surface area contributed by atoms with Gasteiger partial charge in [-0.15, -0.1) is 0 Å². The molecule has 13 heavy (non-hydrogen) atoms. The first-order valence-electron chi connectivity index (χ1n) is 3.27. The van der Waals surface area contributed by atoms with Crippen molar-refractivity contribution in [3.05, 3.63) is 35.4 Å². The number of hydrogen-bond donors (Lipinski definition) is 1. The maximum Gasteiger partial charge on any atom is 0.269 e. The molecule has 0 spiro atoms. The standard InChI is InChI=1S/C7H6F2O3S/c8-6-1-5(2-7(9)3-6)4-13(10,11)12/h1-3H,4H2,(H,10,11,12). The first-order valence-corrected chi connectivity index (χ1v) is 4.88. The summed E-state index contributed by atoms with van der Waals surface area (Å²) >= 11 is 0. The zero-order chi connectivity index (χ0) is 10.1. The van der Waals surface area contributed by atoms with Crippen molar-refractivity contribution in [3.8, 4) is 0 Å². The van der Waals surface area contributed by atoms with Crippen molar-refractivity contribution in [1.82, 2.24) is 0 Å². The van der Waals surface area contributed by atoms with Crippen LogP contribution in [0.3, 0.4) is 0 Å². The highest BCUT2D eigenvalue weighted by Gasteiger charge is 2.08. The lowest BCUT2D eigenvalue weighted by Gasteiger charge is -1.98. The Hall–Kier alpha value is -1.01. The predicted octanol–water partition coefficient (Wildman–Crippen LogP) is 1.35. The second kappa shape index (κ2) is 3.39. The molecular formula is C7H6F2O3S. The van der Waals surface area contributed by atoms with Crippen molar-refractivity contribution in [3.63, 3.8) is 0 Å². The Bertz CT molecular complexity index is 393. The van der Waals surface area contributed by atoms with Crippen molar-refractivity contribution in [1.29, 1.82) is 0 Å². The van der Waals surface area contributed by atoms with Crippen LogP contribution in [0.4, 0.5) is 8.78 Å². The van der Waals surface area contributed by atoms with Gasteiger partial charge in [0, 0.05) is 6.07 Å². The second-order valence-corrected chi connectivity index (χ2v) is 3.96. The fraction of sp³-hybridized carbons (Fsp3) is 0.143. The van der Waals surface area contributed by atoms with Gasteiger partial charge in [0.15, 0.2) is 0 Å². The van der Waals surface area contributed by atoms with Gasteiger partial charge in [-0.3, -0.25) is 4.55 Å². The van der Waals surface area contributed by atoms with Crippen LogP contribution in [0.1, 0.15) is 5.56 Å². The minimum atomic E-state index is -4.24. The summed E-state index contributed by atoms with van der Waals surface area (Å²) in [6.45, 7) is 0. The Morgan fingerprint density at radius 1 is 1.15 bits per heavy atom. The van der Waals surface area contributed by atoms with Crippen LogP contribution in [0.2, 0.25) is 0 Å². The first kappa shape index (κ1) is 10.1. The van der Waals surface area contributed by atoms with Gasteiger partial charge >= 0.3 is 0 Å². The van der Waals surface area contributed by atoms with E-state index in [0.29, 0.717) is 6.07 Å². The van der Waals surface area contributed by atoms with E-state index in [2.05, 4.69) is 0 Å². The molecule has 0 saturated heterocycles. The summed E-state index contributed by atoms with van der Waals surface area (Å²) in [4.78, 5) is 0.